The summed E-state index contributed by atoms with van der Waals surface area (Å²) in [4.78, 5) is 4.45. The van der Waals surface area contributed by atoms with Crippen molar-refractivity contribution in [3.8, 4) is 0 Å². The van der Waals surface area contributed by atoms with E-state index < -0.39 is 10.1 Å². The van der Waals surface area contributed by atoms with Crippen molar-refractivity contribution in [3.05, 3.63) is 29.8 Å². The maximum absolute atomic E-state index is 11.4. The lowest BCUT2D eigenvalue weighted by molar-refractivity contribution is -0.196. The molecule has 0 atom stereocenters. The van der Waals surface area contributed by atoms with Crippen LogP contribution in [0.5, 0.6) is 0 Å². The minimum Gasteiger partial charge on any atom is -0.326 e. The first kappa shape index (κ1) is 12.1. The molecular formula is C9H13NO4S. The van der Waals surface area contributed by atoms with Crippen molar-refractivity contribution in [1.82, 2.24) is 0 Å². The second kappa shape index (κ2) is 5.22. The molecule has 84 valence electrons. The quantitative estimate of drug-likeness (QED) is 0.599. The molecule has 0 amide bonds. The fourth-order valence-electron chi connectivity index (χ4n) is 0.943. The van der Waals surface area contributed by atoms with Crippen LogP contribution in [0.25, 0.3) is 0 Å². The van der Waals surface area contributed by atoms with Crippen molar-refractivity contribution in [1.29, 1.82) is 0 Å². The topological polar surface area (TPSA) is 78.6 Å². The van der Waals surface area contributed by atoms with E-state index in [1.807, 2.05) is 0 Å². The van der Waals surface area contributed by atoms with Crippen molar-refractivity contribution in [3.63, 3.8) is 0 Å². The molecule has 2 N–H and O–H groups in total. The van der Waals surface area contributed by atoms with Crippen molar-refractivity contribution < 1.29 is 17.6 Å². The zero-order valence-corrected chi connectivity index (χ0v) is 9.16. The van der Waals surface area contributed by atoms with Crippen LogP contribution in [0.3, 0.4) is 0 Å². The molecule has 0 unspecified atom stereocenters. The molecule has 0 aliphatic carbocycles. The molecule has 1 rings (SSSR count). The molecule has 6 heteroatoms. The van der Waals surface area contributed by atoms with E-state index >= 15 is 0 Å². The molecule has 0 saturated heterocycles. The van der Waals surface area contributed by atoms with E-state index in [-0.39, 0.29) is 11.5 Å². The second-order valence-electron chi connectivity index (χ2n) is 2.78. The van der Waals surface area contributed by atoms with Crippen molar-refractivity contribution in [2.75, 3.05) is 6.61 Å². The third kappa shape index (κ3) is 3.28. The summed E-state index contributed by atoms with van der Waals surface area (Å²) in [5, 5.41) is 0. The molecule has 0 radical (unpaired) electrons. The molecule has 0 saturated carbocycles. The smallest absolute Gasteiger partial charge is 0.323 e. The van der Waals surface area contributed by atoms with E-state index in [2.05, 4.69) is 9.22 Å². The van der Waals surface area contributed by atoms with Gasteiger partial charge < -0.3 is 5.73 Å². The Balaban J connectivity index is 2.86. The number of nitrogens with two attached hydrogens (primary N) is 1. The lowest BCUT2D eigenvalue weighted by Crippen LogP contribution is -2.07. The summed E-state index contributed by atoms with van der Waals surface area (Å²) >= 11 is 0. The summed E-state index contributed by atoms with van der Waals surface area (Å²) in [6.45, 7) is 2.17. The molecule has 1 aromatic rings. The van der Waals surface area contributed by atoms with Gasteiger partial charge in [0, 0.05) is 6.54 Å². The summed E-state index contributed by atoms with van der Waals surface area (Å²) in [6, 6.07) is 6.11. The van der Waals surface area contributed by atoms with Crippen molar-refractivity contribution >= 4 is 10.1 Å². The molecule has 0 heterocycles. The molecule has 0 aliphatic rings. The van der Waals surface area contributed by atoms with Gasteiger partial charge in [-0.15, -0.1) is 4.33 Å². The highest BCUT2D eigenvalue weighted by Gasteiger charge is 2.15. The fraction of sp³-hybridized carbons (Fsp3) is 0.333. The van der Waals surface area contributed by atoms with Gasteiger partial charge in [-0.3, -0.25) is 0 Å². The summed E-state index contributed by atoms with van der Waals surface area (Å²) in [5.41, 5.74) is 6.24. The van der Waals surface area contributed by atoms with Gasteiger partial charge in [-0.25, -0.2) is 4.89 Å². The van der Waals surface area contributed by atoms with Crippen LogP contribution in [0, 0.1) is 0 Å². The molecule has 15 heavy (non-hydrogen) atoms. The van der Waals surface area contributed by atoms with Crippen LogP contribution >= 0.6 is 0 Å². The molecule has 0 spiro atoms. The van der Waals surface area contributed by atoms with Gasteiger partial charge in [-0.05, 0) is 24.6 Å². The summed E-state index contributed by atoms with van der Waals surface area (Å²) in [7, 11) is -3.81. The van der Waals surface area contributed by atoms with Crippen LogP contribution in [0.2, 0.25) is 0 Å². The third-order valence-electron chi connectivity index (χ3n) is 1.70. The standard InChI is InChI=1S/C9H13NO4S/c1-2-13-14-15(11,12)9-5-3-8(7-10)4-6-9/h3-6H,2,7,10H2,1H3. The lowest BCUT2D eigenvalue weighted by atomic mass is 10.2. The minimum atomic E-state index is -3.81. The van der Waals surface area contributed by atoms with Crippen LogP contribution in [-0.4, -0.2) is 15.0 Å². The average molecular weight is 231 g/mol. The number of rotatable bonds is 5. The Hall–Kier alpha value is -0.950. The first-order chi connectivity index (χ1) is 7.10. The molecule has 1 aromatic carbocycles. The molecule has 0 aliphatic heterocycles. The van der Waals surface area contributed by atoms with E-state index in [0.29, 0.717) is 6.54 Å². The van der Waals surface area contributed by atoms with Gasteiger partial charge >= 0.3 is 10.1 Å². The van der Waals surface area contributed by atoms with Crippen molar-refractivity contribution in [2.24, 2.45) is 5.73 Å². The Morgan fingerprint density at radius 2 is 1.87 bits per heavy atom. The minimum absolute atomic E-state index is 0.0492. The van der Waals surface area contributed by atoms with Gasteiger partial charge in [0.25, 0.3) is 0 Å². The zero-order valence-electron chi connectivity index (χ0n) is 8.34. The maximum Gasteiger partial charge on any atom is 0.323 e. The van der Waals surface area contributed by atoms with Crippen LogP contribution < -0.4 is 5.73 Å². The average Bonchev–Trinajstić information content (AvgIpc) is 2.26. The predicted octanol–water partition coefficient (Wildman–Crippen LogP) is 0.802. The van der Waals surface area contributed by atoms with E-state index in [0.717, 1.165) is 5.56 Å². The zero-order chi connectivity index (χ0) is 11.3. The van der Waals surface area contributed by atoms with Gasteiger partial charge in [0.05, 0.1) is 11.5 Å². The van der Waals surface area contributed by atoms with Crippen molar-refractivity contribution in [2.45, 2.75) is 18.4 Å². The summed E-state index contributed by atoms with van der Waals surface area (Å²) in [6.07, 6.45) is 0. The lowest BCUT2D eigenvalue weighted by Gasteiger charge is -2.03. The molecule has 0 bridgehead atoms. The summed E-state index contributed by atoms with van der Waals surface area (Å²) in [5.74, 6) is 0. The normalized spacial score (nSPS) is 11.6. The maximum atomic E-state index is 11.4. The van der Waals surface area contributed by atoms with Gasteiger partial charge in [0.15, 0.2) is 0 Å². The second-order valence-corrected chi connectivity index (χ2v) is 4.29. The van der Waals surface area contributed by atoms with E-state index in [1.165, 1.54) is 12.1 Å². The fourth-order valence-corrected chi connectivity index (χ4v) is 1.71. The SMILES string of the molecule is CCOOS(=O)(=O)c1ccc(CN)cc1. The number of hydrogen-bond donors (Lipinski definition) is 1. The van der Waals surface area contributed by atoms with Crippen LogP contribution in [0.4, 0.5) is 0 Å². The Kier molecular flexibility index (Phi) is 4.22. The molecule has 5 nitrogen and oxygen atoms in total. The van der Waals surface area contributed by atoms with Crippen LogP contribution in [0.1, 0.15) is 12.5 Å². The van der Waals surface area contributed by atoms with E-state index in [4.69, 9.17) is 5.73 Å². The Morgan fingerprint density at radius 3 is 2.33 bits per heavy atom. The van der Waals surface area contributed by atoms with E-state index in [1.54, 1.807) is 19.1 Å². The largest absolute Gasteiger partial charge is 0.326 e. The van der Waals surface area contributed by atoms with Crippen LogP contribution in [-0.2, 0) is 25.9 Å². The highest BCUT2D eigenvalue weighted by atomic mass is 32.2. The predicted molar refractivity (Wildman–Crippen MR) is 54.2 cm³/mol. The van der Waals surface area contributed by atoms with Gasteiger partial charge in [0.2, 0.25) is 0 Å². The first-order valence-corrected chi connectivity index (χ1v) is 5.86. The molecule has 0 aromatic heterocycles. The molecular weight excluding hydrogens is 218 g/mol. The highest BCUT2D eigenvalue weighted by Crippen LogP contribution is 2.13. The number of benzene rings is 1. The van der Waals surface area contributed by atoms with Crippen LogP contribution in [0.15, 0.2) is 29.2 Å². The van der Waals surface area contributed by atoms with Gasteiger partial charge in [-0.1, -0.05) is 12.1 Å². The van der Waals surface area contributed by atoms with Gasteiger partial charge in [0.1, 0.15) is 0 Å². The third-order valence-corrected chi connectivity index (χ3v) is 2.83. The molecule has 0 fully saturated rings. The monoisotopic (exact) mass is 231 g/mol. The Bertz CT molecular complexity index is 399. The highest BCUT2D eigenvalue weighted by molar-refractivity contribution is 7.86. The van der Waals surface area contributed by atoms with Gasteiger partial charge in [-0.2, -0.15) is 8.42 Å². The Labute approximate surface area is 88.9 Å². The number of hydrogen-bond acceptors (Lipinski definition) is 5. The van der Waals surface area contributed by atoms with E-state index in [9.17, 15) is 8.42 Å². The summed E-state index contributed by atoms with van der Waals surface area (Å²) < 4.78 is 27.1. The first-order valence-electron chi connectivity index (χ1n) is 4.45. The Morgan fingerprint density at radius 1 is 1.27 bits per heavy atom.